The fraction of sp³-hybridized carbons (Fsp3) is 0.500. The van der Waals surface area contributed by atoms with E-state index in [0.717, 1.165) is 6.42 Å². The van der Waals surface area contributed by atoms with E-state index in [2.05, 4.69) is 15.4 Å². The number of aliphatic hydroxyl groups excluding tert-OH is 1. The third kappa shape index (κ3) is 4.80. The van der Waals surface area contributed by atoms with Gasteiger partial charge in [-0.1, -0.05) is 0 Å². The first kappa shape index (κ1) is 12.0. The fourth-order valence-corrected chi connectivity index (χ4v) is 1.88. The van der Waals surface area contributed by atoms with Crippen molar-refractivity contribution in [2.45, 2.75) is 19.4 Å². The average Bonchev–Trinajstić information content (AvgIpc) is 2.67. The molecule has 1 aromatic heterocycles. The second-order valence-corrected chi connectivity index (χ2v) is 4.02. The molecule has 0 saturated heterocycles. The van der Waals surface area contributed by atoms with Crippen molar-refractivity contribution in [3.05, 3.63) is 22.4 Å². The second-order valence-electron chi connectivity index (χ2n) is 3.24. The number of carbonyl (C=O) groups excluding carboxylic acids is 1. The number of aliphatic hydroxyl groups is 1. The molecule has 1 unspecified atom stereocenters. The van der Waals surface area contributed by atoms with Gasteiger partial charge >= 0.3 is 6.09 Å². The van der Waals surface area contributed by atoms with Crippen LogP contribution in [0, 0.1) is 0 Å². The summed E-state index contributed by atoms with van der Waals surface area (Å²) in [6.45, 7) is 1.81. The first-order valence-electron chi connectivity index (χ1n) is 4.77. The van der Waals surface area contributed by atoms with Gasteiger partial charge < -0.3 is 15.2 Å². The van der Waals surface area contributed by atoms with Crippen molar-refractivity contribution in [1.29, 1.82) is 0 Å². The highest BCUT2D eigenvalue weighted by Gasteiger charge is 2.08. The predicted molar refractivity (Wildman–Crippen MR) is 59.1 cm³/mol. The van der Waals surface area contributed by atoms with Crippen LogP contribution in [0.2, 0.25) is 0 Å². The Kier molecular flexibility index (Phi) is 5.14. The number of alkyl carbamates (subject to hydrolysis) is 1. The molecule has 0 aliphatic heterocycles. The predicted octanol–water partition coefficient (Wildman–Crippen LogP) is 1.40. The molecular weight excluding hydrogens is 214 g/mol. The normalized spacial score (nSPS) is 12.1. The van der Waals surface area contributed by atoms with Crippen molar-refractivity contribution in [1.82, 2.24) is 5.32 Å². The number of amides is 1. The number of ether oxygens (including phenoxy) is 1. The largest absolute Gasteiger partial charge is 0.447 e. The van der Waals surface area contributed by atoms with Crippen LogP contribution in [-0.4, -0.2) is 30.5 Å². The van der Waals surface area contributed by atoms with Crippen molar-refractivity contribution in [3.8, 4) is 0 Å². The Morgan fingerprint density at radius 2 is 2.53 bits per heavy atom. The lowest BCUT2D eigenvalue weighted by molar-refractivity contribution is 0.116. The number of nitrogens with one attached hydrogen (secondary N) is 1. The van der Waals surface area contributed by atoms with Crippen LogP contribution in [-0.2, 0) is 11.2 Å². The summed E-state index contributed by atoms with van der Waals surface area (Å²) in [4.78, 5) is 11.1. The molecule has 15 heavy (non-hydrogen) atoms. The van der Waals surface area contributed by atoms with Gasteiger partial charge in [-0.2, -0.15) is 11.3 Å². The van der Waals surface area contributed by atoms with Crippen molar-refractivity contribution in [3.63, 3.8) is 0 Å². The summed E-state index contributed by atoms with van der Waals surface area (Å²) in [5.74, 6) is 0. The van der Waals surface area contributed by atoms with E-state index in [1.165, 1.54) is 5.56 Å². The van der Waals surface area contributed by atoms with Crippen LogP contribution >= 0.6 is 11.3 Å². The number of carbonyl (C=O) groups is 1. The second kappa shape index (κ2) is 6.42. The summed E-state index contributed by atoms with van der Waals surface area (Å²) >= 11 is 1.64. The smallest absolute Gasteiger partial charge is 0.407 e. The average molecular weight is 229 g/mol. The van der Waals surface area contributed by atoms with Crippen molar-refractivity contribution >= 4 is 17.4 Å². The zero-order valence-electron chi connectivity index (χ0n) is 8.60. The van der Waals surface area contributed by atoms with E-state index in [4.69, 9.17) is 5.11 Å². The zero-order chi connectivity index (χ0) is 11.1. The molecule has 5 heteroatoms. The highest BCUT2D eigenvalue weighted by Crippen LogP contribution is 2.08. The topological polar surface area (TPSA) is 58.6 Å². The molecule has 0 radical (unpaired) electrons. The van der Waals surface area contributed by atoms with Gasteiger partial charge in [0, 0.05) is 6.04 Å². The molecule has 0 bridgehead atoms. The Hall–Kier alpha value is -1.07. The standard InChI is InChI=1S/C10H15NO3S/c1-8(6-9-2-5-15-7-9)11-10(13)14-4-3-12/h2,5,7-8,12H,3-4,6H2,1H3,(H,11,13). The van der Waals surface area contributed by atoms with Crippen molar-refractivity contribution in [2.24, 2.45) is 0 Å². The van der Waals surface area contributed by atoms with E-state index in [1.54, 1.807) is 11.3 Å². The molecule has 0 aliphatic rings. The van der Waals surface area contributed by atoms with E-state index < -0.39 is 6.09 Å². The maximum absolute atomic E-state index is 11.1. The maximum atomic E-state index is 11.1. The molecule has 1 atom stereocenters. The molecular formula is C10H15NO3S. The molecule has 2 N–H and O–H groups in total. The van der Waals surface area contributed by atoms with Gasteiger partial charge in [-0.3, -0.25) is 0 Å². The molecule has 0 spiro atoms. The minimum atomic E-state index is -0.480. The van der Waals surface area contributed by atoms with Gasteiger partial charge in [0.25, 0.3) is 0 Å². The Balaban J connectivity index is 2.23. The van der Waals surface area contributed by atoms with Crippen molar-refractivity contribution in [2.75, 3.05) is 13.2 Å². The quantitative estimate of drug-likeness (QED) is 0.802. The third-order valence-corrected chi connectivity index (χ3v) is 2.54. The molecule has 0 aromatic carbocycles. The highest BCUT2D eigenvalue weighted by atomic mass is 32.1. The number of hydrogen-bond donors (Lipinski definition) is 2. The number of rotatable bonds is 5. The SMILES string of the molecule is CC(Cc1ccsc1)NC(=O)OCCO. The molecule has 4 nitrogen and oxygen atoms in total. The third-order valence-electron chi connectivity index (χ3n) is 1.81. The molecule has 0 saturated carbocycles. The van der Waals surface area contributed by atoms with Gasteiger partial charge in [0.1, 0.15) is 6.61 Å². The minimum absolute atomic E-state index is 0.0331. The lowest BCUT2D eigenvalue weighted by Gasteiger charge is -2.12. The van der Waals surface area contributed by atoms with Crippen LogP contribution in [0.1, 0.15) is 12.5 Å². The summed E-state index contributed by atoms with van der Waals surface area (Å²) < 4.78 is 4.68. The van der Waals surface area contributed by atoms with Gasteiger partial charge in [0.2, 0.25) is 0 Å². The van der Waals surface area contributed by atoms with Crippen LogP contribution in [0.3, 0.4) is 0 Å². The molecule has 1 amide bonds. The number of thiophene rings is 1. The zero-order valence-corrected chi connectivity index (χ0v) is 9.42. The van der Waals surface area contributed by atoms with Gasteiger partial charge in [0.15, 0.2) is 0 Å². The van der Waals surface area contributed by atoms with E-state index in [1.807, 2.05) is 18.4 Å². The van der Waals surface area contributed by atoms with Crippen molar-refractivity contribution < 1.29 is 14.6 Å². The first-order valence-corrected chi connectivity index (χ1v) is 5.72. The van der Waals surface area contributed by atoms with Gasteiger partial charge in [-0.05, 0) is 35.7 Å². The summed E-state index contributed by atoms with van der Waals surface area (Å²) in [7, 11) is 0. The fourth-order valence-electron chi connectivity index (χ4n) is 1.19. The van der Waals surface area contributed by atoms with E-state index in [0.29, 0.717) is 0 Å². The molecule has 1 rings (SSSR count). The van der Waals surface area contributed by atoms with Crippen LogP contribution in [0.25, 0.3) is 0 Å². The first-order chi connectivity index (χ1) is 7.22. The minimum Gasteiger partial charge on any atom is -0.447 e. The Morgan fingerprint density at radius 3 is 3.13 bits per heavy atom. The van der Waals surface area contributed by atoms with E-state index >= 15 is 0 Å². The summed E-state index contributed by atoms with van der Waals surface area (Å²) in [6.07, 6.45) is 0.310. The molecule has 1 aromatic rings. The van der Waals surface area contributed by atoms with Crippen LogP contribution in [0.5, 0.6) is 0 Å². The van der Waals surface area contributed by atoms with Crippen LogP contribution in [0.15, 0.2) is 16.8 Å². The van der Waals surface area contributed by atoms with Gasteiger partial charge in [-0.15, -0.1) is 0 Å². The van der Waals surface area contributed by atoms with Crippen LogP contribution in [0.4, 0.5) is 4.79 Å². The Bertz CT molecular complexity index is 287. The van der Waals surface area contributed by atoms with E-state index in [9.17, 15) is 4.79 Å². The molecule has 1 heterocycles. The van der Waals surface area contributed by atoms with Gasteiger partial charge in [-0.25, -0.2) is 4.79 Å². The van der Waals surface area contributed by atoms with Gasteiger partial charge in [0.05, 0.1) is 6.61 Å². The molecule has 84 valence electrons. The highest BCUT2D eigenvalue weighted by molar-refractivity contribution is 7.07. The summed E-state index contributed by atoms with van der Waals surface area (Å²) in [6, 6.07) is 2.06. The monoisotopic (exact) mass is 229 g/mol. The summed E-state index contributed by atoms with van der Waals surface area (Å²) in [5, 5.41) is 15.2. The van der Waals surface area contributed by atoms with E-state index in [-0.39, 0.29) is 19.3 Å². The Morgan fingerprint density at radius 1 is 1.73 bits per heavy atom. The number of hydrogen-bond acceptors (Lipinski definition) is 4. The lowest BCUT2D eigenvalue weighted by Crippen LogP contribution is -2.34. The molecule has 0 fully saturated rings. The maximum Gasteiger partial charge on any atom is 0.407 e. The summed E-state index contributed by atoms with van der Waals surface area (Å²) in [5.41, 5.74) is 1.20. The van der Waals surface area contributed by atoms with Crippen LogP contribution < -0.4 is 5.32 Å². The Labute approximate surface area is 92.9 Å². The lowest BCUT2D eigenvalue weighted by atomic mass is 10.1. The molecule has 0 aliphatic carbocycles.